The van der Waals surface area contributed by atoms with Crippen LogP contribution in [0, 0.1) is 19.8 Å². The molecule has 0 saturated carbocycles. The predicted octanol–water partition coefficient (Wildman–Crippen LogP) is 3.60. The third kappa shape index (κ3) is 4.16. The molecule has 1 aromatic carbocycles. The Bertz CT molecular complexity index is 843. The van der Waals surface area contributed by atoms with Crippen LogP contribution in [0.4, 0.5) is 0 Å². The number of carbonyl (C=O) groups excluding carboxylic acids is 1. The fourth-order valence-corrected chi connectivity index (χ4v) is 3.87. The molecule has 1 aliphatic heterocycles. The van der Waals surface area contributed by atoms with Gasteiger partial charge in [-0.15, -0.1) is 0 Å². The minimum absolute atomic E-state index is 0.122. The number of nitrogens with zero attached hydrogens (tertiary/aromatic N) is 2. The van der Waals surface area contributed by atoms with Gasteiger partial charge in [0.25, 0.3) is 5.91 Å². The first-order valence-corrected chi connectivity index (χ1v) is 9.55. The summed E-state index contributed by atoms with van der Waals surface area (Å²) < 4.78 is 5.96. The number of carbonyl (C=O) groups is 2. The van der Waals surface area contributed by atoms with E-state index in [-0.39, 0.29) is 11.9 Å². The molecular formula is C22H26N2O4. The zero-order valence-corrected chi connectivity index (χ0v) is 16.5. The van der Waals surface area contributed by atoms with E-state index in [1.165, 1.54) is 0 Å². The van der Waals surface area contributed by atoms with E-state index in [2.05, 4.69) is 4.98 Å². The Morgan fingerprint density at radius 1 is 1.29 bits per heavy atom. The van der Waals surface area contributed by atoms with Gasteiger partial charge >= 0.3 is 5.97 Å². The number of aryl methyl sites for hydroxylation is 2. The first-order chi connectivity index (χ1) is 13.4. The van der Waals surface area contributed by atoms with Gasteiger partial charge in [0.15, 0.2) is 0 Å². The van der Waals surface area contributed by atoms with Gasteiger partial charge in [0.05, 0.1) is 5.92 Å². The topological polar surface area (TPSA) is 79.7 Å². The Kier molecular flexibility index (Phi) is 5.97. The van der Waals surface area contributed by atoms with Gasteiger partial charge in [0.1, 0.15) is 12.4 Å². The van der Waals surface area contributed by atoms with Gasteiger partial charge in [-0.2, -0.15) is 0 Å². The van der Waals surface area contributed by atoms with E-state index < -0.39 is 11.9 Å². The molecule has 1 amide bonds. The van der Waals surface area contributed by atoms with Crippen LogP contribution in [-0.4, -0.2) is 39.5 Å². The summed E-state index contributed by atoms with van der Waals surface area (Å²) in [6, 6.07) is 7.15. The lowest BCUT2D eigenvalue weighted by Crippen LogP contribution is -2.49. The van der Waals surface area contributed by atoms with Crippen molar-refractivity contribution in [3.63, 3.8) is 0 Å². The van der Waals surface area contributed by atoms with Crippen molar-refractivity contribution in [2.24, 2.45) is 5.92 Å². The van der Waals surface area contributed by atoms with Crippen molar-refractivity contribution >= 4 is 11.9 Å². The molecule has 0 aliphatic carbocycles. The van der Waals surface area contributed by atoms with Gasteiger partial charge < -0.3 is 14.7 Å². The second-order valence-corrected chi connectivity index (χ2v) is 7.42. The maximum absolute atomic E-state index is 13.1. The van der Waals surface area contributed by atoms with Crippen LogP contribution in [0.3, 0.4) is 0 Å². The Morgan fingerprint density at radius 3 is 2.61 bits per heavy atom. The van der Waals surface area contributed by atoms with Gasteiger partial charge in [-0.1, -0.05) is 6.07 Å². The van der Waals surface area contributed by atoms with Gasteiger partial charge in [-0.05, 0) is 62.9 Å². The van der Waals surface area contributed by atoms with Gasteiger partial charge in [0.2, 0.25) is 0 Å². The first-order valence-electron chi connectivity index (χ1n) is 9.55. The molecule has 0 spiro atoms. The molecule has 1 saturated heterocycles. The highest BCUT2D eigenvalue weighted by molar-refractivity contribution is 5.95. The van der Waals surface area contributed by atoms with E-state index in [1.807, 2.05) is 45.0 Å². The fourth-order valence-electron chi connectivity index (χ4n) is 3.87. The number of pyridine rings is 1. The lowest BCUT2D eigenvalue weighted by Gasteiger charge is -2.37. The van der Waals surface area contributed by atoms with Crippen molar-refractivity contribution in [3.8, 4) is 5.75 Å². The first kappa shape index (κ1) is 19.9. The third-order valence-electron chi connectivity index (χ3n) is 5.38. The summed E-state index contributed by atoms with van der Waals surface area (Å²) >= 11 is 0. The second-order valence-electron chi connectivity index (χ2n) is 7.42. The number of piperidine rings is 1. The summed E-state index contributed by atoms with van der Waals surface area (Å²) in [5.74, 6) is -0.711. The molecule has 1 aromatic heterocycles. The van der Waals surface area contributed by atoms with Crippen molar-refractivity contribution in [2.75, 3.05) is 6.54 Å². The number of carboxylic acid groups (broad SMARTS) is 1. The van der Waals surface area contributed by atoms with Crippen LogP contribution in [0.1, 0.15) is 46.8 Å². The quantitative estimate of drug-likeness (QED) is 0.855. The van der Waals surface area contributed by atoms with Gasteiger partial charge in [-0.25, -0.2) is 0 Å². The highest BCUT2D eigenvalue weighted by atomic mass is 16.5. The van der Waals surface area contributed by atoms with Gasteiger partial charge in [-0.3, -0.25) is 14.6 Å². The van der Waals surface area contributed by atoms with Crippen LogP contribution in [0.5, 0.6) is 5.75 Å². The average molecular weight is 382 g/mol. The monoisotopic (exact) mass is 382 g/mol. The highest BCUT2D eigenvalue weighted by Gasteiger charge is 2.35. The number of amides is 1. The van der Waals surface area contributed by atoms with E-state index >= 15 is 0 Å². The van der Waals surface area contributed by atoms with Gasteiger partial charge in [0, 0.05) is 36.1 Å². The van der Waals surface area contributed by atoms with Crippen LogP contribution < -0.4 is 4.74 Å². The molecule has 0 bridgehead atoms. The van der Waals surface area contributed by atoms with Crippen LogP contribution >= 0.6 is 0 Å². The van der Waals surface area contributed by atoms with E-state index in [0.717, 1.165) is 22.4 Å². The smallest absolute Gasteiger partial charge is 0.308 e. The fraction of sp³-hybridized carbons (Fsp3) is 0.409. The molecule has 148 valence electrons. The number of aliphatic carboxylic acids is 1. The zero-order valence-electron chi connectivity index (χ0n) is 16.5. The summed E-state index contributed by atoms with van der Waals surface area (Å²) in [6.07, 6.45) is 4.80. The van der Waals surface area contributed by atoms with E-state index in [0.29, 0.717) is 31.6 Å². The third-order valence-corrected chi connectivity index (χ3v) is 5.38. The van der Waals surface area contributed by atoms with E-state index in [4.69, 9.17) is 4.74 Å². The summed E-state index contributed by atoms with van der Waals surface area (Å²) in [5, 5.41) is 9.40. The minimum Gasteiger partial charge on any atom is -0.488 e. The van der Waals surface area contributed by atoms with Crippen molar-refractivity contribution in [1.29, 1.82) is 0 Å². The largest absolute Gasteiger partial charge is 0.488 e. The number of aromatic nitrogens is 1. The number of hydrogen-bond donors (Lipinski definition) is 1. The van der Waals surface area contributed by atoms with Crippen molar-refractivity contribution in [2.45, 2.75) is 46.3 Å². The molecule has 2 atom stereocenters. The number of benzene rings is 1. The van der Waals surface area contributed by atoms with Crippen molar-refractivity contribution < 1.29 is 19.4 Å². The lowest BCUT2D eigenvalue weighted by molar-refractivity contribution is -0.144. The number of likely N-dealkylation sites (tertiary alicyclic amines) is 1. The summed E-state index contributed by atoms with van der Waals surface area (Å²) in [7, 11) is 0. The van der Waals surface area contributed by atoms with Crippen molar-refractivity contribution in [3.05, 3.63) is 58.9 Å². The normalized spacial score (nSPS) is 19.3. The predicted molar refractivity (Wildman–Crippen MR) is 105 cm³/mol. The number of ether oxygens (including phenoxy) is 1. The maximum atomic E-state index is 13.1. The summed E-state index contributed by atoms with van der Waals surface area (Å²) in [4.78, 5) is 30.3. The molecule has 1 N–H and O–H groups in total. The number of carboxylic acids is 1. The molecule has 0 unspecified atom stereocenters. The standard InChI is InChI=1S/C22H26N2O4/c1-14-10-18(21(25)24-9-5-7-19(16(24)3)22(26)27)11-15(2)20(14)28-13-17-6-4-8-23-12-17/h4,6,8,10-12,16,19H,5,7,9,13H2,1-3H3,(H,26,27)/t16-,19-/m1/s1. The SMILES string of the molecule is Cc1cc(C(=O)N2CCC[C@@H](C(=O)O)[C@H]2C)cc(C)c1OCc1cccnc1. The molecule has 28 heavy (non-hydrogen) atoms. The van der Waals surface area contributed by atoms with Crippen LogP contribution in [0.2, 0.25) is 0 Å². The molecule has 2 aromatic rings. The van der Waals surface area contributed by atoms with E-state index in [1.54, 1.807) is 17.3 Å². The number of hydrogen-bond acceptors (Lipinski definition) is 4. The Labute approximate surface area is 165 Å². The molecule has 2 heterocycles. The molecule has 3 rings (SSSR count). The Hall–Kier alpha value is -2.89. The summed E-state index contributed by atoms with van der Waals surface area (Å²) in [6.45, 7) is 6.65. The number of rotatable bonds is 5. The maximum Gasteiger partial charge on any atom is 0.308 e. The van der Waals surface area contributed by atoms with Crippen molar-refractivity contribution in [1.82, 2.24) is 9.88 Å². The van der Waals surface area contributed by atoms with Crippen LogP contribution in [0.15, 0.2) is 36.7 Å². The zero-order chi connectivity index (χ0) is 20.3. The Morgan fingerprint density at radius 2 is 2.00 bits per heavy atom. The molecule has 6 nitrogen and oxygen atoms in total. The molecule has 6 heteroatoms. The van der Waals surface area contributed by atoms with E-state index in [9.17, 15) is 14.7 Å². The Balaban J connectivity index is 1.77. The lowest BCUT2D eigenvalue weighted by atomic mass is 9.89. The second kappa shape index (κ2) is 8.42. The molecule has 0 radical (unpaired) electrons. The highest BCUT2D eigenvalue weighted by Crippen LogP contribution is 2.29. The average Bonchev–Trinajstić information content (AvgIpc) is 2.67. The van der Waals surface area contributed by atoms with Crippen LogP contribution in [-0.2, 0) is 11.4 Å². The molecule has 1 aliphatic rings. The van der Waals surface area contributed by atoms with Crippen LogP contribution in [0.25, 0.3) is 0 Å². The summed E-state index contributed by atoms with van der Waals surface area (Å²) in [5.41, 5.74) is 3.31. The minimum atomic E-state index is -0.837. The molecular weight excluding hydrogens is 356 g/mol. The molecule has 1 fully saturated rings.